The Morgan fingerprint density at radius 1 is 0.561 bits per heavy atom. The molecular weight excluding hydrogens is 494 g/mol. The van der Waals surface area contributed by atoms with Crippen LogP contribution in [-0.2, 0) is 32.6 Å². The van der Waals surface area contributed by atoms with Gasteiger partial charge < -0.3 is 0 Å². The molecule has 0 N–H and O–H groups in total. The molecule has 0 radical (unpaired) electrons. The maximum absolute atomic E-state index is 2.77. The van der Waals surface area contributed by atoms with Crippen LogP contribution in [0.4, 0.5) is 0 Å². The molecule has 41 heavy (non-hydrogen) atoms. The quantitative estimate of drug-likeness (QED) is 0.286. The van der Waals surface area contributed by atoms with Crippen molar-refractivity contribution in [1.82, 2.24) is 0 Å². The summed E-state index contributed by atoms with van der Waals surface area (Å²) in [5.41, 5.74) is 11.8. The average Bonchev–Trinajstić information content (AvgIpc) is 2.93. The Hall–Kier alpha value is -2.15. The maximum atomic E-state index is 2.77. The molecule has 0 bridgehead atoms. The highest BCUT2D eigenvalue weighted by Crippen LogP contribution is 2.57. The van der Waals surface area contributed by atoms with E-state index >= 15 is 0 Å². The molecule has 0 spiro atoms. The molecule has 1 heteroatoms. The van der Waals surface area contributed by atoms with Crippen LogP contribution in [0.2, 0.25) is 0 Å². The van der Waals surface area contributed by atoms with Gasteiger partial charge >= 0.3 is 0 Å². The number of pyridine rings is 1. The number of benzene rings is 2. The fourth-order valence-electron chi connectivity index (χ4n) is 9.64. The molecule has 3 aliphatic rings. The van der Waals surface area contributed by atoms with E-state index < -0.39 is 0 Å². The highest BCUT2D eigenvalue weighted by atomic mass is 15.1. The first kappa shape index (κ1) is 28.9. The summed E-state index contributed by atoms with van der Waals surface area (Å²) < 4.78 is 2.77. The van der Waals surface area contributed by atoms with Crippen LogP contribution in [0.5, 0.6) is 0 Å². The van der Waals surface area contributed by atoms with Gasteiger partial charge in [-0.15, -0.1) is 0 Å². The van der Waals surface area contributed by atoms with Gasteiger partial charge in [-0.3, -0.25) is 0 Å². The van der Waals surface area contributed by atoms with Crippen molar-refractivity contribution in [3.63, 3.8) is 0 Å². The molecule has 1 unspecified atom stereocenters. The van der Waals surface area contributed by atoms with Crippen molar-refractivity contribution in [3.8, 4) is 11.3 Å². The molecule has 2 aliphatic carbocycles. The van der Waals surface area contributed by atoms with Crippen LogP contribution in [0.25, 0.3) is 22.0 Å². The van der Waals surface area contributed by atoms with Gasteiger partial charge in [0, 0.05) is 18.9 Å². The van der Waals surface area contributed by atoms with E-state index in [1.54, 1.807) is 27.8 Å². The summed E-state index contributed by atoms with van der Waals surface area (Å²) in [6, 6.07) is 13.0. The summed E-state index contributed by atoms with van der Waals surface area (Å²) >= 11 is 0. The van der Waals surface area contributed by atoms with Gasteiger partial charge in [-0.1, -0.05) is 82.2 Å². The van der Waals surface area contributed by atoms with Gasteiger partial charge in [0.15, 0.2) is 11.7 Å². The lowest BCUT2D eigenvalue weighted by Gasteiger charge is -2.50. The zero-order chi connectivity index (χ0) is 30.0. The third-order valence-electron chi connectivity index (χ3n) is 13.1. The summed E-state index contributed by atoms with van der Waals surface area (Å²) in [5, 5.41) is 2.86. The zero-order valence-electron chi connectivity index (χ0n) is 28.4. The minimum Gasteiger partial charge on any atom is -0.192 e. The monoisotopic (exact) mass is 550 g/mol. The zero-order valence-corrected chi connectivity index (χ0v) is 28.4. The van der Waals surface area contributed by atoms with E-state index in [4.69, 9.17) is 0 Å². The van der Waals surface area contributed by atoms with E-state index in [9.17, 15) is 0 Å². The number of fused-ring (bicyclic) bond motifs is 7. The molecule has 1 aliphatic heterocycles. The van der Waals surface area contributed by atoms with E-state index in [2.05, 4.69) is 124 Å². The predicted octanol–water partition coefficient (Wildman–Crippen LogP) is 10.7. The normalized spacial score (nSPS) is 26.0. The van der Waals surface area contributed by atoms with Crippen molar-refractivity contribution < 1.29 is 4.57 Å². The third-order valence-corrected chi connectivity index (χ3v) is 13.1. The Bertz CT molecular complexity index is 1560. The molecule has 0 saturated heterocycles. The second kappa shape index (κ2) is 8.70. The van der Waals surface area contributed by atoms with Gasteiger partial charge in [-0.2, -0.15) is 4.57 Å². The Morgan fingerprint density at radius 3 is 1.51 bits per heavy atom. The molecule has 0 fully saturated rings. The van der Waals surface area contributed by atoms with Crippen LogP contribution in [0, 0.1) is 0 Å². The topological polar surface area (TPSA) is 3.88 Å². The summed E-state index contributed by atoms with van der Waals surface area (Å²) in [4.78, 5) is 0. The molecule has 3 aromatic rings. The van der Waals surface area contributed by atoms with Crippen molar-refractivity contribution >= 4 is 10.8 Å². The van der Waals surface area contributed by atoms with Gasteiger partial charge in [-0.05, 0) is 112 Å². The van der Waals surface area contributed by atoms with Gasteiger partial charge in [0.25, 0.3) is 0 Å². The van der Waals surface area contributed by atoms with Crippen LogP contribution in [-0.4, -0.2) is 0 Å². The number of hydrogen-bond donors (Lipinski definition) is 0. The van der Waals surface area contributed by atoms with Crippen molar-refractivity contribution in [1.29, 1.82) is 0 Å². The van der Waals surface area contributed by atoms with Crippen LogP contribution < -0.4 is 4.57 Å². The second-order valence-electron chi connectivity index (χ2n) is 16.9. The SMILES string of the molecule is CCC1(C)c2cc3c(cc2-c2c4cc5c(cc4cc[n+]2C1(CC)CC)C(C)(C)CCC5(C)C)C(C)(C)CCC3(C)C. The van der Waals surface area contributed by atoms with E-state index in [1.165, 1.54) is 47.7 Å². The molecular formula is C40H56N+. The molecule has 0 amide bonds. The molecule has 1 atom stereocenters. The number of rotatable bonds is 3. The number of aromatic nitrogens is 1. The first-order valence-corrected chi connectivity index (χ1v) is 16.7. The van der Waals surface area contributed by atoms with Crippen molar-refractivity contribution in [2.24, 2.45) is 0 Å². The first-order chi connectivity index (χ1) is 19.0. The molecule has 1 aromatic heterocycles. The molecule has 6 rings (SSSR count). The Morgan fingerprint density at radius 2 is 1.02 bits per heavy atom. The molecule has 0 saturated carbocycles. The standard InChI is InChI=1S/C40H56N/c1-13-39(12)29-25-33-32(37(8,9)19-20-38(33,10)11)24-28(29)34-27-23-31-30(35(4,5)17-18-36(31,6)7)22-26(27)16-21-41(34)40(39,14-2)15-3/h16,21-25H,13-15,17-20H2,1-12H3/q+1. The highest BCUT2D eigenvalue weighted by Gasteiger charge is 2.59. The predicted molar refractivity (Wildman–Crippen MR) is 176 cm³/mol. The Kier molecular flexibility index (Phi) is 6.14. The summed E-state index contributed by atoms with van der Waals surface area (Å²) in [6.45, 7) is 29.7. The van der Waals surface area contributed by atoms with Crippen molar-refractivity contribution in [3.05, 3.63) is 64.3 Å². The molecule has 2 heterocycles. The maximum Gasteiger partial charge on any atom is 0.221 e. The third kappa shape index (κ3) is 3.69. The van der Waals surface area contributed by atoms with Crippen molar-refractivity contribution in [2.75, 3.05) is 0 Å². The number of hydrogen-bond acceptors (Lipinski definition) is 0. The van der Waals surface area contributed by atoms with Crippen LogP contribution in [0.3, 0.4) is 0 Å². The molecule has 1 nitrogen and oxygen atoms in total. The smallest absolute Gasteiger partial charge is 0.192 e. The molecule has 220 valence electrons. The first-order valence-electron chi connectivity index (χ1n) is 16.7. The lowest BCUT2D eigenvalue weighted by atomic mass is 9.55. The highest BCUT2D eigenvalue weighted by molar-refractivity contribution is 5.96. The lowest BCUT2D eigenvalue weighted by molar-refractivity contribution is -0.768. The van der Waals surface area contributed by atoms with Crippen LogP contribution >= 0.6 is 0 Å². The second-order valence-corrected chi connectivity index (χ2v) is 16.9. The minimum atomic E-state index is 0.0333. The van der Waals surface area contributed by atoms with Crippen molar-refractivity contribution in [2.45, 2.75) is 161 Å². The lowest BCUT2D eigenvalue weighted by Crippen LogP contribution is -2.69. The minimum absolute atomic E-state index is 0.0333. The van der Waals surface area contributed by atoms with Crippen LogP contribution in [0.1, 0.15) is 156 Å². The summed E-state index contributed by atoms with van der Waals surface area (Å²) in [7, 11) is 0. The summed E-state index contributed by atoms with van der Waals surface area (Å²) in [5.74, 6) is 0. The van der Waals surface area contributed by atoms with Gasteiger partial charge in [0.1, 0.15) is 0 Å². The fourth-order valence-corrected chi connectivity index (χ4v) is 9.64. The number of nitrogens with zero attached hydrogens (tertiary/aromatic N) is 1. The average molecular weight is 551 g/mol. The van der Waals surface area contributed by atoms with Crippen LogP contribution in [0.15, 0.2) is 36.5 Å². The Balaban J connectivity index is 1.80. The van der Waals surface area contributed by atoms with E-state index in [-0.39, 0.29) is 32.6 Å². The van der Waals surface area contributed by atoms with E-state index in [0.717, 1.165) is 19.3 Å². The Labute approximate surface area is 251 Å². The van der Waals surface area contributed by atoms with E-state index in [1.807, 2.05) is 0 Å². The van der Waals surface area contributed by atoms with Gasteiger partial charge in [-0.25, -0.2) is 0 Å². The fraction of sp³-hybridized carbons (Fsp3) is 0.625. The van der Waals surface area contributed by atoms with Gasteiger partial charge in [0.2, 0.25) is 5.69 Å². The van der Waals surface area contributed by atoms with E-state index in [0.29, 0.717) is 0 Å². The largest absolute Gasteiger partial charge is 0.221 e. The summed E-state index contributed by atoms with van der Waals surface area (Å²) in [6.07, 6.45) is 10.9. The molecule has 2 aromatic carbocycles. The van der Waals surface area contributed by atoms with Gasteiger partial charge in [0.05, 0.1) is 16.4 Å².